The predicted molar refractivity (Wildman–Crippen MR) is 268 cm³/mol. The van der Waals surface area contributed by atoms with Gasteiger partial charge in [0, 0.05) is 61.2 Å². The number of furan rings is 2. The maximum Gasteiger partial charge on any atom is 0.142 e. The van der Waals surface area contributed by atoms with Crippen LogP contribution in [0.25, 0.3) is 65.4 Å². The van der Waals surface area contributed by atoms with Crippen molar-refractivity contribution in [3.8, 4) is 0 Å². The molecule has 11 rings (SSSR count). The molecule has 0 aliphatic heterocycles. The second-order valence-electron chi connectivity index (χ2n) is 18.1. The van der Waals surface area contributed by atoms with Gasteiger partial charge in [0.25, 0.3) is 0 Å². The molecule has 0 spiro atoms. The summed E-state index contributed by atoms with van der Waals surface area (Å²) in [5, 5.41) is 9.06. The Morgan fingerprint density at radius 2 is 0.746 bits per heavy atom. The summed E-state index contributed by atoms with van der Waals surface area (Å²) in [5.41, 5.74) is 18.9. The van der Waals surface area contributed by atoms with Crippen molar-refractivity contribution >= 4 is 99.5 Å². The predicted octanol–water partition coefficient (Wildman–Crippen LogP) is 17.7. The van der Waals surface area contributed by atoms with Gasteiger partial charge in [0.15, 0.2) is 0 Å². The third kappa shape index (κ3) is 6.52. The zero-order valence-corrected chi connectivity index (χ0v) is 37.2. The Bertz CT molecular complexity index is 3370. The lowest BCUT2D eigenvalue weighted by atomic mass is 9.95. The number of hydrogen-bond donors (Lipinski definition) is 0. The van der Waals surface area contributed by atoms with Gasteiger partial charge in [-0.15, -0.1) is 0 Å². The highest BCUT2D eigenvalue weighted by Gasteiger charge is 2.24. The molecule has 0 aliphatic rings. The van der Waals surface area contributed by atoms with E-state index < -0.39 is 0 Å². The topological polar surface area (TPSA) is 32.8 Å². The molecule has 0 aliphatic carbocycles. The van der Waals surface area contributed by atoms with Crippen molar-refractivity contribution in [1.29, 1.82) is 0 Å². The van der Waals surface area contributed by atoms with Crippen LogP contribution in [0.2, 0.25) is 0 Å². The highest BCUT2D eigenvalue weighted by Crippen LogP contribution is 2.46. The van der Waals surface area contributed by atoms with E-state index in [2.05, 4.69) is 217 Å². The van der Waals surface area contributed by atoms with E-state index in [-0.39, 0.29) is 5.92 Å². The van der Waals surface area contributed by atoms with Crippen molar-refractivity contribution < 1.29 is 8.83 Å². The summed E-state index contributed by atoms with van der Waals surface area (Å²) in [5.74, 6) is 0.168. The Morgan fingerprint density at radius 3 is 1.14 bits per heavy atom. The van der Waals surface area contributed by atoms with Crippen molar-refractivity contribution in [3.05, 3.63) is 191 Å². The second-order valence-corrected chi connectivity index (χ2v) is 18.1. The van der Waals surface area contributed by atoms with Gasteiger partial charge in [0.2, 0.25) is 0 Å². The molecule has 0 amide bonds. The first-order chi connectivity index (χ1) is 30.5. The molecular formula is C59H50N2O2. The minimum Gasteiger partial charge on any atom is -0.456 e. The van der Waals surface area contributed by atoms with E-state index in [1.807, 2.05) is 0 Å². The summed E-state index contributed by atoms with van der Waals surface area (Å²) in [7, 11) is 0. The van der Waals surface area contributed by atoms with Gasteiger partial charge in [-0.1, -0.05) is 96.8 Å². The van der Waals surface area contributed by atoms with Crippen LogP contribution in [0.3, 0.4) is 0 Å². The average Bonchev–Trinajstić information content (AvgIpc) is 3.80. The molecule has 4 nitrogen and oxygen atoms in total. The highest BCUT2D eigenvalue weighted by atomic mass is 16.3. The van der Waals surface area contributed by atoms with Crippen molar-refractivity contribution in [2.24, 2.45) is 0 Å². The van der Waals surface area contributed by atoms with Gasteiger partial charge in [-0.25, -0.2) is 0 Å². The molecular weight excluding hydrogens is 769 g/mol. The van der Waals surface area contributed by atoms with Gasteiger partial charge in [-0.3, -0.25) is 0 Å². The number of benzene rings is 9. The number of anilines is 6. The van der Waals surface area contributed by atoms with Crippen LogP contribution < -0.4 is 9.80 Å². The molecule has 0 saturated heterocycles. The lowest BCUT2D eigenvalue weighted by Crippen LogP contribution is -2.11. The Hall–Kier alpha value is -7.30. The fraction of sp³-hybridized carbons (Fsp3) is 0.153. The zero-order valence-electron chi connectivity index (χ0n) is 37.2. The molecule has 63 heavy (non-hydrogen) atoms. The van der Waals surface area contributed by atoms with Crippen LogP contribution in [0.1, 0.15) is 58.7 Å². The fourth-order valence-electron chi connectivity index (χ4n) is 9.78. The number of fused-ring (bicyclic) bond motifs is 8. The Balaban J connectivity index is 1.05. The van der Waals surface area contributed by atoms with Crippen LogP contribution in [0.15, 0.2) is 160 Å². The largest absolute Gasteiger partial charge is 0.456 e. The zero-order chi connectivity index (χ0) is 43.3. The number of aryl methyl sites for hydroxylation is 6. The van der Waals surface area contributed by atoms with Crippen LogP contribution in [0.4, 0.5) is 34.1 Å². The normalized spacial score (nSPS) is 12.0. The van der Waals surface area contributed by atoms with Gasteiger partial charge in [-0.05, 0) is 171 Å². The average molecular weight is 819 g/mol. The van der Waals surface area contributed by atoms with E-state index in [4.69, 9.17) is 8.83 Å². The van der Waals surface area contributed by atoms with Gasteiger partial charge < -0.3 is 18.6 Å². The minimum atomic E-state index is 0.168. The Morgan fingerprint density at radius 1 is 0.349 bits per heavy atom. The Labute approximate surface area is 368 Å². The van der Waals surface area contributed by atoms with Crippen molar-refractivity contribution in [1.82, 2.24) is 0 Å². The summed E-state index contributed by atoms with van der Waals surface area (Å²) in [6.45, 7) is 17.4. The molecule has 4 heteroatoms. The van der Waals surface area contributed by atoms with Crippen molar-refractivity contribution in [2.75, 3.05) is 9.80 Å². The molecule has 9 aromatic carbocycles. The molecule has 0 radical (unpaired) electrons. The molecule has 0 bridgehead atoms. The second kappa shape index (κ2) is 14.7. The molecule has 0 saturated carbocycles. The third-order valence-corrected chi connectivity index (χ3v) is 13.0. The SMILES string of the molecule is Cc1ccc(N(c2ccc3cc4c(cc3c2)oc2c(C(C)C)c3oc5cc6cc(N(c7ccc(C)cc7)c7ccc(C)cc7C)ccc6cc5c3cc24)c2ccc(C)cc2C)cc1. The molecule has 0 atom stereocenters. The van der Waals surface area contributed by atoms with Crippen LogP contribution in [0, 0.1) is 41.5 Å². The summed E-state index contributed by atoms with van der Waals surface area (Å²) in [6, 6.07) is 55.9. The number of rotatable bonds is 7. The summed E-state index contributed by atoms with van der Waals surface area (Å²) < 4.78 is 13.8. The molecule has 2 heterocycles. The molecule has 308 valence electrons. The van der Waals surface area contributed by atoms with E-state index in [0.717, 1.165) is 83.0 Å². The fourth-order valence-corrected chi connectivity index (χ4v) is 9.78. The number of nitrogens with zero attached hydrogens (tertiary/aromatic N) is 2. The lowest BCUT2D eigenvalue weighted by molar-refractivity contribution is 0.638. The van der Waals surface area contributed by atoms with Crippen LogP contribution in [0.5, 0.6) is 0 Å². The minimum absolute atomic E-state index is 0.168. The van der Waals surface area contributed by atoms with E-state index in [1.54, 1.807) is 0 Å². The maximum atomic E-state index is 6.92. The van der Waals surface area contributed by atoms with E-state index in [0.29, 0.717) is 0 Å². The van der Waals surface area contributed by atoms with E-state index >= 15 is 0 Å². The first kappa shape index (κ1) is 38.6. The van der Waals surface area contributed by atoms with E-state index in [1.165, 1.54) is 55.5 Å². The van der Waals surface area contributed by atoms with Crippen molar-refractivity contribution in [2.45, 2.75) is 61.3 Å². The van der Waals surface area contributed by atoms with Crippen molar-refractivity contribution in [3.63, 3.8) is 0 Å². The van der Waals surface area contributed by atoms with Gasteiger partial charge in [0.05, 0.1) is 0 Å². The van der Waals surface area contributed by atoms with Gasteiger partial charge >= 0.3 is 0 Å². The molecule has 0 N–H and O–H groups in total. The highest BCUT2D eigenvalue weighted by molar-refractivity contribution is 6.20. The monoisotopic (exact) mass is 818 g/mol. The molecule has 2 aromatic heterocycles. The molecule has 0 fully saturated rings. The van der Waals surface area contributed by atoms with E-state index in [9.17, 15) is 0 Å². The van der Waals surface area contributed by atoms with Crippen LogP contribution in [-0.4, -0.2) is 0 Å². The van der Waals surface area contributed by atoms with Crippen LogP contribution in [-0.2, 0) is 0 Å². The summed E-state index contributed by atoms with van der Waals surface area (Å²) >= 11 is 0. The van der Waals surface area contributed by atoms with Gasteiger partial charge in [0.1, 0.15) is 22.3 Å². The number of hydrogen-bond acceptors (Lipinski definition) is 4. The summed E-state index contributed by atoms with van der Waals surface area (Å²) in [6.07, 6.45) is 0. The molecule has 11 aromatic rings. The lowest BCUT2D eigenvalue weighted by Gasteiger charge is -2.27. The standard InChI is InChI=1S/C59H50N2O2/c1-34(2)57-58-51(49-29-41-15-21-47(27-43(41)31-55(49)62-58)60(45-17-9-35(3)10-18-45)53-23-13-37(5)25-39(53)7)33-52-50-30-42-16-22-48(28-44(42)32-56(50)63-59(52)57)61(46-19-11-36(4)12-20-46)54-24-14-38(6)26-40(54)8/h9-34H,1-8H3. The third-order valence-electron chi connectivity index (χ3n) is 13.0. The van der Waals surface area contributed by atoms with Gasteiger partial charge in [-0.2, -0.15) is 0 Å². The summed E-state index contributed by atoms with van der Waals surface area (Å²) in [4.78, 5) is 4.73. The Kier molecular flexibility index (Phi) is 8.99. The van der Waals surface area contributed by atoms with Crippen LogP contribution >= 0.6 is 0 Å². The first-order valence-electron chi connectivity index (χ1n) is 22.1. The smallest absolute Gasteiger partial charge is 0.142 e. The maximum absolute atomic E-state index is 6.92. The first-order valence-corrected chi connectivity index (χ1v) is 22.1. The molecule has 0 unspecified atom stereocenters. The quantitative estimate of drug-likeness (QED) is 0.160.